The van der Waals surface area contributed by atoms with Gasteiger partial charge in [0.1, 0.15) is 0 Å². The van der Waals surface area contributed by atoms with Crippen LogP contribution in [0.1, 0.15) is 32.0 Å². The molecule has 2 aromatic rings. The van der Waals surface area contributed by atoms with Crippen molar-refractivity contribution in [1.82, 2.24) is 14.9 Å². The van der Waals surface area contributed by atoms with Crippen LogP contribution in [0.15, 0.2) is 41.7 Å². The first kappa shape index (κ1) is 15.1. The summed E-state index contributed by atoms with van der Waals surface area (Å²) < 4.78 is 2.19. The lowest BCUT2D eigenvalue weighted by Gasteiger charge is -2.09. The fourth-order valence-electron chi connectivity index (χ4n) is 1.98. The van der Waals surface area contributed by atoms with Crippen molar-refractivity contribution in [2.24, 2.45) is 0 Å². The van der Waals surface area contributed by atoms with Gasteiger partial charge in [0.25, 0.3) is 0 Å². The molecule has 0 saturated carbocycles. The molecule has 1 N–H and O–H groups in total. The van der Waals surface area contributed by atoms with Gasteiger partial charge in [-0.25, -0.2) is 4.98 Å². The lowest BCUT2D eigenvalue weighted by molar-refractivity contribution is 0.588. The van der Waals surface area contributed by atoms with Crippen LogP contribution in [0, 0.1) is 0 Å². The van der Waals surface area contributed by atoms with Crippen molar-refractivity contribution in [1.29, 1.82) is 0 Å². The molecule has 20 heavy (non-hydrogen) atoms. The third-order valence-corrected chi connectivity index (χ3v) is 4.17. The van der Waals surface area contributed by atoms with E-state index in [1.54, 1.807) is 0 Å². The van der Waals surface area contributed by atoms with E-state index < -0.39 is 0 Å². The van der Waals surface area contributed by atoms with Crippen LogP contribution in [0.2, 0.25) is 0 Å². The zero-order chi connectivity index (χ0) is 14.4. The van der Waals surface area contributed by atoms with Gasteiger partial charge < -0.3 is 9.88 Å². The van der Waals surface area contributed by atoms with Crippen LogP contribution in [0.4, 0.5) is 0 Å². The van der Waals surface area contributed by atoms with Crippen LogP contribution >= 0.6 is 11.8 Å². The normalized spacial score (nSPS) is 11.2. The molecule has 0 fully saturated rings. The van der Waals surface area contributed by atoms with Crippen molar-refractivity contribution in [3.63, 3.8) is 0 Å². The Balaban J connectivity index is 1.94. The molecule has 3 nitrogen and oxygen atoms in total. The van der Waals surface area contributed by atoms with E-state index in [2.05, 4.69) is 59.9 Å². The predicted molar refractivity (Wildman–Crippen MR) is 85.9 cm³/mol. The first-order valence-corrected chi connectivity index (χ1v) is 8.11. The number of imidazole rings is 1. The molecule has 1 heterocycles. The molecule has 0 spiro atoms. The summed E-state index contributed by atoms with van der Waals surface area (Å²) in [6.45, 7) is 8.40. The van der Waals surface area contributed by atoms with Crippen molar-refractivity contribution in [3.05, 3.63) is 48.0 Å². The third-order valence-electron chi connectivity index (χ3n) is 3.14. The fraction of sp³-hybridized carbons (Fsp3) is 0.438. The summed E-state index contributed by atoms with van der Waals surface area (Å²) in [6, 6.07) is 9.28. The van der Waals surface area contributed by atoms with Crippen molar-refractivity contribution < 1.29 is 0 Å². The highest BCUT2D eigenvalue weighted by Crippen LogP contribution is 2.23. The van der Waals surface area contributed by atoms with Crippen molar-refractivity contribution in [2.45, 2.75) is 50.6 Å². The molecule has 0 bridgehead atoms. The molecular formula is C16H23N3S. The minimum Gasteiger partial charge on any atom is -0.334 e. The molecule has 0 unspecified atom stereocenters. The first-order valence-electron chi connectivity index (χ1n) is 7.13. The number of hydrogen-bond acceptors (Lipinski definition) is 3. The second-order valence-corrected chi connectivity index (χ2v) is 6.19. The third kappa shape index (κ3) is 4.39. The molecule has 0 atom stereocenters. The van der Waals surface area contributed by atoms with Crippen LogP contribution in [0.3, 0.4) is 0 Å². The van der Waals surface area contributed by atoms with Gasteiger partial charge in [-0.05, 0) is 24.6 Å². The number of benzene rings is 1. The summed E-state index contributed by atoms with van der Waals surface area (Å²) in [4.78, 5) is 5.53. The van der Waals surface area contributed by atoms with Crippen LogP contribution < -0.4 is 5.32 Å². The monoisotopic (exact) mass is 289 g/mol. The Hall–Kier alpha value is -1.26. The molecule has 1 aromatic heterocycles. The van der Waals surface area contributed by atoms with E-state index in [1.165, 1.54) is 16.2 Å². The summed E-state index contributed by atoms with van der Waals surface area (Å²) in [5, 5.41) is 3.45. The molecule has 2 rings (SSSR count). The number of thioether (sulfide) groups is 1. The Bertz CT molecular complexity index is 534. The average molecular weight is 289 g/mol. The standard InChI is InChI=1S/C16H23N3S/c1-4-19-12-17-10-15(19)11-20-16-7-5-6-14(8-16)9-18-13(2)3/h5-8,10,12-13,18H,4,9,11H2,1-3H3. The molecular weight excluding hydrogens is 266 g/mol. The van der Waals surface area contributed by atoms with E-state index in [0.29, 0.717) is 6.04 Å². The molecule has 0 aliphatic rings. The van der Waals surface area contributed by atoms with Gasteiger partial charge in [-0.2, -0.15) is 0 Å². The van der Waals surface area contributed by atoms with Crippen molar-refractivity contribution >= 4 is 11.8 Å². The highest BCUT2D eigenvalue weighted by Gasteiger charge is 2.03. The van der Waals surface area contributed by atoms with Crippen molar-refractivity contribution in [2.75, 3.05) is 0 Å². The van der Waals surface area contributed by atoms with Gasteiger partial charge in [-0.3, -0.25) is 0 Å². The lowest BCUT2D eigenvalue weighted by atomic mass is 10.2. The summed E-state index contributed by atoms with van der Waals surface area (Å²) in [7, 11) is 0. The van der Waals surface area contributed by atoms with Crippen LogP contribution in [0.25, 0.3) is 0 Å². The number of aryl methyl sites for hydroxylation is 1. The van der Waals surface area contributed by atoms with E-state index in [-0.39, 0.29) is 0 Å². The molecule has 0 aliphatic heterocycles. The molecule has 0 amide bonds. The summed E-state index contributed by atoms with van der Waals surface area (Å²) in [5.74, 6) is 0.967. The Morgan fingerprint density at radius 2 is 2.20 bits per heavy atom. The highest BCUT2D eigenvalue weighted by atomic mass is 32.2. The second-order valence-electron chi connectivity index (χ2n) is 5.14. The summed E-state index contributed by atoms with van der Waals surface area (Å²) in [6.07, 6.45) is 3.86. The Morgan fingerprint density at radius 3 is 2.95 bits per heavy atom. The number of hydrogen-bond donors (Lipinski definition) is 1. The predicted octanol–water partition coefficient (Wildman–Crippen LogP) is 3.69. The first-order chi connectivity index (χ1) is 9.69. The minimum atomic E-state index is 0.519. The van der Waals surface area contributed by atoms with Gasteiger partial charge in [0, 0.05) is 41.7 Å². The molecule has 0 saturated heterocycles. The van der Waals surface area contributed by atoms with Crippen molar-refractivity contribution in [3.8, 4) is 0 Å². The topological polar surface area (TPSA) is 29.9 Å². The van der Waals surface area contributed by atoms with E-state index in [1.807, 2.05) is 24.3 Å². The Labute approximate surface area is 125 Å². The average Bonchev–Trinajstić information content (AvgIpc) is 2.91. The quantitative estimate of drug-likeness (QED) is 0.788. The van der Waals surface area contributed by atoms with Gasteiger partial charge in [0.2, 0.25) is 0 Å². The number of aromatic nitrogens is 2. The maximum atomic E-state index is 4.21. The van der Waals surface area contributed by atoms with Gasteiger partial charge in [-0.15, -0.1) is 11.8 Å². The Morgan fingerprint density at radius 1 is 1.35 bits per heavy atom. The number of nitrogens with one attached hydrogen (secondary N) is 1. The molecule has 0 radical (unpaired) electrons. The van der Waals surface area contributed by atoms with E-state index in [0.717, 1.165) is 18.8 Å². The van der Waals surface area contributed by atoms with E-state index in [9.17, 15) is 0 Å². The van der Waals surface area contributed by atoms with Gasteiger partial charge in [0.15, 0.2) is 0 Å². The van der Waals surface area contributed by atoms with Gasteiger partial charge >= 0.3 is 0 Å². The maximum Gasteiger partial charge on any atom is 0.0948 e. The fourth-order valence-corrected chi connectivity index (χ4v) is 2.94. The van der Waals surface area contributed by atoms with Gasteiger partial charge in [-0.1, -0.05) is 26.0 Å². The highest BCUT2D eigenvalue weighted by molar-refractivity contribution is 7.98. The smallest absolute Gasteiger partial charge is 0.0948 e. The maximum absolute atomic E-state index is 4.21. The second kappa shape index (κ2) is 7.50. The summed E-state index contributed by atoms with van der Waals surface area (Å²) in [5.41, 5.74) is 2.62. The van der Waals surface area contributed by atoms with E-state index in [4.69, 9.17) is 0 Å². The minimum absolute atomic E-state index is 0.519. The molecule has 108 valence electrons. The zero-order valence-corrected chi connectivity index (χ0v) is 13.3. The van der Waals surface area contributed by atoms with Gasteiger partial charge in [0.05, 0.1) is 6.33 Å². The Kier molecular flexibility index (Phi) is 5.68. The van der Waals surface area contributed by atoms with Crippen LogP contribution in [-0.4, -0.2) is 15.6 Å². The number of rotatable bonds is 7. The lowest BCUT2D eigenvalue weighted by Crippen LogP contribution is -2.21. The van der Waals surface area contributed by atoms with E-state index >= 15 is 0 Å². The largest absolute Gasteiger partial charge is 0.334 e. The summed E-state index contributed by atoms with van der Waals surface area (Å²) >= 11 is 1.87. The van der Waals surface area contributed by atoms with Crippen LogP contribution in [0.5, 0.6) is 0 Å². The zero-order valence-electron chi connectivity index (χ0n) is 12.5. The molecule has 1 aromatic carbocycles. The molecule has 0 aliphatic carbocycles. The number of nitrogens with zero attached hydrogens (tertiary/aromatic N) is 2. The molecule has 4 heteroatoms. The SMILES string of the molecule is CCn1cncc1CSc1cccc(CNC(C)C)c1. The van der Waals surface area contributed by atoms with Crippen LogP contribution in [-0.2, 0) is 18.8 Å².